The molecule has 0 N–H and O–H groups in total. The summed E-state index contributed by atoms with van der Waals surface area (Å²) in [4.78, 5) is 17.1. The topological polar surface area (TPSA) is 54.4 Å². The third-order valence-electron chi connectivity index (χ3n) is 6.07. The summed E-state index contributed by atoms with van der Waals surface area (Å²) in [5, 5.41) is 0. The van der Waals surface area contributed by atoms with Crippen molar-refractivity contribution in [3.8, 4) is 5.88 Å². The summed E-state index contributed by atoms with van der Waals surface area (Å²) in [6.45, 7) is 3.02. The zero-order valence-electron chi connectivity index (χ0n) is 16.6. The maximum absolute atomic E-state index is 13.0. The lowest BCUT2D eigenvalue weighted by molar-refractivity contribution is -0.141. The number of pyridine rings is 1. The van der Waals surface area contributed by atoms with Crippen molar-refractivity contribution in [2.75, 3.05) is 31.1 Å². The van der Waals surface area contributed by atoms with E-state index in [1.54, 1.807) is 18.5 Å². The number of anilines is 1. The molecule has 0 radical (unpaired) electrons. The number of alkyl halides is 3. The molecule has 160 valence electrons. The normalized spacial score (nSPS) is 25.1. The van der Waals surface area contributed by atoms with E-state index in [0.717, 1.165) is 37.7 Å². The first-order valence-electron chi connectivity index (χ1n) is 10.5. The van der Waals surface area contributed by atoms with Gasteiger partial charge in [0.15, 0.2) is 0 Å². The standard InChI is InChI=1S/C21H24F3N5O/c22-21(23,24)18-3-1-4-19(27-18)29-8-2-7-28-13-16(9-15(28)12-29)30-20-11-25-17(10-26-20)14-5-6-14/h1,3-4,10-11,14-16H,2,5-9,12-13H2. The molecule has 2 aromatic rings. The summed E-state index contributed by atoms with van der Waals surface area (Å²) in [7, 11) is 0. The molecule has 2 aromatic heterocycles. The summed E-state index contributed by atoms with van der Waals surface area (Å²) < 4.78 is 45.2. The van der Waals surface area contributed by atoms with Gasteiger partial charge < -0.3 is 9.64 Å². The van der Waals surface area contributed by atoms with Gasteiger partial charge in [0.1, 0.15) is 17.6 Å². The van der Waals surface area contributed by atoms with Crippen molar-refractivity contribution in [3.63, 3.8) is 0 Å². The number of hydrogen-bond acceptors (Lipinski definition) is 6. The summed E-state index contributed by atoms with van der Waals surface area (Å²) >= 11 is 0. The van der Waals surface area contributed by atoms with Crippen LogP contribution in [0.5, 0.6) is 5.88 Å². The third-order valence-corrected chi connectivity index (χ3v) is 6.07. The molecule has 0 aromatic carbocycles. The number of aromatic nitrogens is 3. The molecule has 6 nitrogen and oxygen atoms in total. The van der Waals surface area contributed by atoms with Crippen LogP contribution in [0.25, 0.3) is 0 Å². The van der Waals surface area contributed by atoms with Crippen molar-refractivity contribution in [2.24, 2.45) is 0 Å². The highest BCUT2D eigenvalue weighted by Crippen LogP contribution is 2.38. The molecule has 2 aliphatic heterocycles. The average Bonchev–Trinajstić information content (AvgIpc) is 3.53. The molecule has 1 aliphatic carbocycles. The van der Waals surface area contributed by atoms with Crippen LogP contribution in [0.1, 0.15) is 43.0 Å². The van der Waals surface area contributed by atoms with E-state index in [1.807, 2.05) is 4.90 Å². The third kappa shape index (κ3) is 4.21. The van der Waals surface area contributed by atoms with Crippen molar-refractivity contribution >= 4 is 5.82 Å². The number of fused-ring (bicyclic) bond motifs is 1. The molecule has 9 heteroatoms. The average molecular weight is 419 g/mol. The molecule has 3 fully saturated rings. The minimum atomic E-state index is -4.43. The fourth-order valence-electron chi connectivity index (χ4n) is 4.41. The number of rotatable bonds is 4. The van der Waals surface area contributed by atoms with Crippen LogP contribution in [0.15, 0.2) is 30.6 Å². The second-order valence-electron chi connectivity index (χ2n) is 8.36. The first kappa shape index (κ1) is 19.5. The van der Waals surface area contributed by atoms with Crippen molar-refractivity contribution < 1.29 is 17.9 Å². The van der Waals surface area contributed by atoms with E-state index in [9.17, 15) is 13.2 Å². The summed E-state index contributed by atoms with van der Waals surface area (Å²) in [5.74, 6) is 1.49. The van der Waals surface area contributed by atoms with Gasteiger partial charge in [0.2, 0.25) is 5.88 Å². The minimum Gasteiger partial charge on any atom is -0.472 e. The molecule has 2 unspecified atom stereocenters. The van der Waals surface area contributed by atoms with Gasteiger partial charge >= 0.3 is 6.18 Å². The van der Waals surface area contributed by atoms with Gasteiger partial charge in [0, 0.05) is 44.6 Å². The van der Waals surface area contributed by atoms with Gasteiger partial charge in [0.25, 0.3) is 0 Å². The Morgan fingerprint density at radius 3 is 2.63 bits per heavy atom. The molecule has 0 bridgehead atoms. The Kier molecular flexibility index (Phi) is 5.00. The second-order valence-corrected chi connectivity index (χ2v) is 8.36. The predicted octanol–water partition coefficient (Wildman–Crippen LogP) is 3.50. The van der Waals surface area contributed by atoms with Crippen molar-refractivity contribution in [2.45, 2.75) is 49.9 Å². The highest BCUT2D eigenvalue weighted by atomic mass is 19.4. The van der Waals surface area contributed by atoms with E-state index in [4.69, 9.17) is 4.74 Å². The van der Waals surface area contributed by atoms with Gasteiger partial charge in [-0.3, -0.25) is 9.88 Å². The van der Waals surface area contributed by atoms with Gasteiger partial charge in [-0.2, -0.15) is 13.2 Å². The number of halogens is 3. The Balaban J connectivity index is 1.24. The zero-order chi connectivity index (χ0) is 20.7. The van der Waals surface area contributed by atoms with Crippen LogP contribution >= 0.6 is 0 Å². The molecule has 0 spiro atoms. The Bertz CT molecular complexity index is 887. The van der Waals surface area contributed by atoms with Crippen LogP contribution in [-0.2, 0) is 6.18 Å². The quantitative estimate of drug-likeness (QED) is 0.756. The summed E-state index contributed by atoms with van der Waals surface area (Å²) in [5.41, 5.74) is 0.189. The lowest BCUT2D eigenvalue weighted by Gasteiger charge is -2.26. The molecular weight excluding hydrogens is 395 g/mol. The lowest BCUT2D eigenvalue weighted by Crippen LogP contribution is -2.37. The zero-order valence-corrected chi connectivity index (χ0v) is 16.6. The monoisotopic (exact) mass is 419 g/mol. The van der Waals surface area contributed by atoms with E-state index in [-0.39, 0.29) is 12.1 Å². The lowest BCUT2D eigenvalue weighted by atomic mass is 10.2. The number of ether oxygens (including phenoxy) is 1. The Labute approximate surface area is 173 Å². The largest absolute Gasteiger partial charge is 0.472 e. The van der Waals surface area contributed by atoms with Gasteiger partial charge in [-0.05, 0) is 31.4 Å². The highest BCUT2D eigenvalue weighted by Gasteiger charge is 2.37. The number of hydrogen-bond donors (Lipinski definition) is 0. The van der Waals surface area contributed by atoms with E-state index in [1.165, 1.54) is 18.9 Å². The van der Waals surface area contributed by atoms with Crippen LogP contribution < -0.4 is 9.64 Å². The maximum Gasteiger partial charge on any atom is 0.433 e. The minimum absolute atomic E-state index is 0.00509. The van der Waals surface area contributed by atoms with Crippen molar-refractivity contribution in [3.05, 3.63) is 42.0 Å². The Hall–Kier alpha value is -2.42. The van der Waals surface area contributed by atoms with E-state index in [0.29, 0.717) is 30.7 Å². The van der Waals surface area contributed by atoms with Gasteiger partial charge in [-0.25, -0.2) is 9.97 Å². The maximum atomic E-state index is 13.0. The summed E-state index contributed by atoms with van der Waals surface area (Å²) in [6.07, 6.45) is 3.13. The molecule has 3 aliphatic rings. The molecule has 1 saturated carbocycles. The van der Waals surface area contributed by atoms with Crippen LogP contribution in [0.3, 0.4) is 0 Å². The van der Waals surface area contributed by atoms with Crippen LogP contribution in [0, 0.1) is 0 Å². The van der Waals surface area contributed by atoms with E-state index < -0.39 is 11.9 Å². The Morgan fingerprint density at radius 2 is 1.90 bits per heavy atom. The first-order chi connectivity index (χ1) is 14.5. The SMILES string of the molecule is FC(F)(F)c1cccc(N2CCCN3CC(Oc4cnc(C5CC5)cn4)CC3C2)n1. The molecule has 0 amide bonds. The van der Waals surface area contributed by atoms with E-state index in [2.05, 4.69) is 19.9 Å². The molecular formula is C21H24F3N5O. The molecule has 5 rings (SSSR count). The van der Waals surface area contributed by atoms with Gasteiger partial charge in [-0.15, -0.1) is 0 Å². The highest BCUT2D eigenvalue weighted by molar-refractivity contribution is 5.40. The fourth-order valence-corrected chi connectivity index (χ4v) is 4.41. The molecule has 4 heterocycles. The van der Waals surface area contributed by atoms with Crippen molar-refractivity contribution in [1.29, 1.82) is 0 Å². The van der Waals surface area contributed by atoms with Gasteiger partial charge in [-0.1, -0.05) is 6.07 Å². The number of nitrogens with zero attached hydrogens (tertiary/aromatic N) is 5. The predicted molar refractivity (Wildman–Crippen MR) is 104 cm³/mol. The second kappa shape index (κ2) is 7.68. The van der Waals surface area contributed by atoms with Gasteiger partial charge in [0.05, 0.1) is 18.1 Å². The van der Waals surface area contributed by atoms with Crippen LogP contribution in [0.2, 0.25) is 0 Å². The molecule has 30 heavy (non-hydrogen) atoms. The van der Waals surface area contributed by atoms with E-state index >= 15 is 0 Å². The van der Waals surface area contributed by atoms with Crippen LogP contribution in [-0.4, -0.2) is 58.2 Å². The molecule has 2 atom stereocenters. The smallest absolute Gasteiger partial charge is 0.433 e. The molecule has 2 saturated heterocycles. The first-order valence-corrected chi connectivity index (χ1v) is 10.5. The van der Waals surface area contributed by atoms with Crippen molar-refractivity contribution in [1.82, 2.24) is 19.9 Å². The summed E-state index contributed by atoms with van der Waals surface area (Å²) in [6, 6.07) is 4.32. The Morgan fingerprint density at radius 1 is 1.03 bits per heavy atom. The fraction of sp³-hybridized carbons (Fsp3) is 0.571. The van der Waals surface area contributed by atoms with Crippen LogP contribution in [0.4, 0.5) is 19.0 Å².